The van der Waals surface area contributed by atoms with Crippen LogP contribution in [0.2, 0.25) is 0 Å². The second kappa shape index (κ2) is 5.30. The minimum atomic E-state index is -0.981. The van der Waals surface area contributed by atoms with Crippen LogP contribution in [-0.4, -0.2) is 29.8 Å². The molecule has 2 rings (SSSR count). The summed E-state index contributed by atoms with van der Waals surface area (Å²) in [5.74, 6) is -2.30. The molecule has 98 valence electrons. The van der Waals surface area contributed by atoms with E-state index in [0.717, 1.165) is 12.1 Å². The smallest absolute Gasteiger partial charge is 0.332 e. The van der Waals surface area contributed by atoms with E-state index in [1.165, 1.54) is 6.07 Å². The molecule has 2 N–H and O–H groups in total. The van der Waals surface area contributed by atoms with Gasteiger partial charge in [0.25, 0.3) is 0 Å². The summed E-state index contributed by atoms with van der Waals surface area (Å²) < 4.78 is 31.2. The van der Waals surface area contributed by atoms with Gasteiger partial charge in [-0.3, -0.25) is 0 Å². The van der Waals surface area contributed by atoms with Crippen molar-refractivity contribution in [2.24, 2.45) is 0 Å². The monoisotopic (exact) mass is 257 g/mol. The van der Waals surface area contributed by atoms with Crippen molar-refractivity contribution in [1.82, 2.24) is 0 Å². The fourth-order valence-corrected chi connectivity index (χ4v) is 1.89. The number of hydrogen-bond donors (Lipinski definition) is 2. The molecule has 0 amide bonds. The Hall–Kier alpha value is -1.69. The predicted octanol–water partition coefficient (Wildman–Crippen LogP) is 2.01. The summed E-state index contributed by atoms with van der Waals surface area (Å²) in [7, 11) is 0. The van der Waals surface area contributed by atoms with Gasteiger partial charge in [0.2, 0.25) is 0 Å². The minimum absolute atomic E-state index is 0.179. The van der Waals surface area contributed by atoms with Crippen molar-refractivity contribution < 1.29 is 23.4 Å². The summed E-state index contributed by atoms with van der Waals surface area (Å²) >= 11 is 0. The first-order valence-corrected chi connectivity index (χ1v) is 5.63. The first kappa shape index (κ1) is 12.8. The van der Waals surface area contributed by atoms with Crippen LogP contribution in [0, 0.1) is 11.6 Å². The van der Waals surface area contributed by atoms with Gasteiger partial charge in [0.1, 0.15) is 11.6 Å². The average molecular weight is 257 g/mol. The molecule has 6 heteroatoms. The number of rotatable bonds is 4. The number of nitrogens with one attached hydrogen (secondary N) is 1. The molecule has 0 spiro atoms. The first-order chi connectivity index (χ1) is 8.56. The van der Waals surface area contributed by atoms with Gasteiger partial charge in [0, 0.05) is 12.6 Å². The first-order valence-electron chi connectivity index (χ1n) is 5.63. The van der Waals surface area contributed by atoms with E-state index in [2.05, 4.69) is 5.32 Å². The van der Waals surface area contributed by atoms with Crippen molar-refractivity contribution in [2.45, 2.75) is 25.0 Å². The number of halogens is 2. The maximum Gasteiger partial charge on any atom is 0.332 e. The molecule has 1 aromatic rings. The van der Waals surface area contributed by atoms with E-state index in [9.17, 15) is 13.6 Å². The van der Waals surface area contributed by atoms with Gasteiger partial charge in [-0.1, -0.05) is 0 Å². The van der Waals surface area contributed by atoms with Crippen molar-refractivity contribution in [2.75, 3.05) is 11.9 Å². The quantitative estimate of drug-likeness (QED) is 0.866. The number of anilines is 1. The summed E-state index contributed by atoms with van der Waals surface area (Å²) in [6, 6.07) is 3.24. The SMILES string of the molecule is O=C(O)C1CCC(CNc2ccc(F)cc2F)O1. The molecule has 2 unspecified atom stereocenters. The maximum absolute atomic E-state index is 13.3. The topological polar surface area (TPSA) is 58.6 Å². The number of aliphatic carboxylic acids is 1. The third-order valence-electron chi connectivity index (χ3n) is 2.83. The molecule has 1 aliphatic heterocycles. The minimum Gasteiger partial charge on any atom is -0.479 e. The van der Waals surface area contributed by atoms with Crippen LogP contribution in [0.5, 0.6) is 0 Å². The lowest BCUT2D eigenvalue weighted by Gasteiger charge is -2.13. The van der Waals surface area contributed by atoms with Gasteiger partial charge >= 0.3 is 5.97 Å². The van der Waals surface area contributed by atoms with Crippen LogP contribution in [-0.2, 0) is 9.53 Å². The van der Waals surface area contributed by atoms with Crippen LogP contribution in [0.25, 0.3) is 0 Å². The second-order valence-electron chi connectivity index (χ2n) is 4.17. The lowest BCUT2D eigenvalue weighted by molar-refractivity contribution is -0.149. The fraction of sp³-hybridized carbons (Fsp3) is 0.417. The second-order valence-corrected chi connectivity index (χ2v) is 4.17. The van der Waals surface area contributed by atoms with Crippen molar-refractivity contribution >= 4 is 11.7 Å². The zero-order valence-electron chi connectivity index (χ0n) is 9.53. The summed E-state index contributed by atoms with van der Waals surface area (Å²) in [5, 5.41) is 11.5. The molecule has 0 saturated carbocycles. The zero-order chi connectivity index (χ0) is 13.1. The van der Waals surface area contributed by atoms with Crippen LogP contribution in [0.15, 0.2) is 18.2 Å². The Morgan fingerprint density at radius 3 is 2.83 bits per heavy atom. The molecule has 18 heavy (non-hydrogen) atoms. The van der Waals surface area contributed by atoms with Crippen LogP contribution in [0.1, 0.15) is 12.8 Å². The normalized spacial score (nSPS) is 23.0. The number of ether oxygens (including phenoxy) is 1. The molecular weight excluding hydrogens is 244 g/mol. The molecule has 0 aromatic heterocycles. The summed E-state index contributed by atoms with van der Waals surface area (Å²) in [6.07, 6.45) is 0.00537. The average Bonchev–Trinajstić information content (AvgIpc) is 2.76. The molecule has 1 aromatic carbocycles. The number of carboxylic acid groups (broad SMARTS) is 1. The largest absolute Gasteiger partial charge is 0.479 e. The van der Waals surface area contributed by atoms with E-state index in [0.29, 0.717) is 19.4 Å². The molecule has 0 bridgehead atoms. The van der Waals surface area contributed by atoms with E-state index in [-0.39, 0.29) is 11.8 Å². The Morgan fingerprint density at radius 2 is 2.22 bits per heavy atom. The van der Waals surface area contributed by atoms with E-state index in [1.807, 2.05) is 0 Å². The number of carboxylic acids is 1. The standard InChI is InChI=1S/C12H13F2NO3/c13-7-1-3-10(9(14)5-7)15-6-8-2-4-11(18-8)12(16)17/h1,3,5,8,11,15H,2,4,6H2,(H,16,17). The van der Waals surface area contributed by atoms with Gasteiger partial charge in [-0.25, -0.2) is 13.6 Å². The molecular formula is C12H13F2NO3. The lowest BCUT2D eigenvalue weighted by Crippen LogP contribution is -2.24. The van der Waals surface area contributed by atoms with E-state index in [1.54, 1.807) is 0 Å². The Bertz CT molecular complexity index is 453. The molecule has 4 nitrogen and oxygen atoms in total. The van der Waals surface area contributed by atoms with Gasteiger partial charge in [-0.15, -0.1) is 0 Å². The molecule has 1 aliphatic rings. The molecule has 1 heterocycles. The van der Waals surface area contributed by atoms with Crippen molar-refractivity contribution in [1.29, 1.82) is 0 Å². The number of benzene rings is 1. The lowest BCUT2D eigenvalue weighted by atomic mass is 10.2. The van der Waals surface area contributed by atoms with Crippen molar-refractivity contribution in [3.8, 4) is 0 Å². The van der Waals surface area contributed by atoms with Crippen LogP contribution < -0.4 is 5.32 Å². The third-order valence-corrected chi connectivity index (χ3v) is 2.83. The van der Waals surface area contributed by atoms with Crippen molar-refractivity contribution in [3.63, 3.8) is 0 Å². The summed E-state index contributed by atoms with van der Waals surface area (Å²) in [5.41, 5.74) is 0.179. The Kier molecular flexibility index (Phi) is 3.76. The molecule has 0 aliphatic carbocycles. The van der Waals surface area contributed by atoms with E-state index < -0.39 is 23.7 Å². The molecule has 1 fully saturated rings. The van der Waals surface area contributed by atoms with Gasteiger partial charge in [0.15, 0.2) is 6.10 Å². The molecule has 2 atom stereocenters. The fourth-order valence-electron chi connectivity index (χ4n) is 1.89. The molecule has 1 saturated heterocycles. The van der Waals surface area contributed by atoms with Crippen LogP contribution >= 0.6 is 0 Å². The summed E-state index contributed by atoms with van der Waals surface area (Å²) in [4.78, 5) is 10.7. The highest BCUT2D eigenvalue weighted by Crippen LogP contribution is 2.21. The number of carbonyl (C=O) groups is 1. The van der Waals surface area contributed by atoms with Crippen LogP contribution in [0.3, 0.4) is 0 Å². The predicted molar refractivity (Wildman–Crippen MR) is 60.4 cm³/mol. The number of hydrogen-bond acceptors (Lipinski definition) is 3. The van der Waals surface area contributed by atoms with Gasteiger partial charge in [0.05, 0.1) is 11.8 Å². The Labute approximate surface area is 103 Å². The highest BCUT2D eigenvalue weighted by molar-refractivity contribution is 5.72. The van der Waals surface area contributed by atoms with E-state index >= 15 is 0 Å². The highest BCUT2D eigenvalue weighted by atomic mass is 19.1. The maximum atomic E-state index is 13.3. The molecule has 0 radical (unpaired) electrons. The van der Waals surface area contributed by atoms with Gasteiger partial charge < -0.3 is 15.2 Å². The van der Waals surface area contributed by atoms with E-state index in [4.69, 9.17) is 9.84 Å². The van der Waals surface area contributed by atoms with Crippen LogP contribution in [0.4, 0.5) is 14.5 Å². The Balaban J connectivity index is 1.87. The summed E-state index contributed by atoms with van der Waals surface area (Å²) in [6.45, 7) is 0.298. The third kappa shape index (κ3) is 2.95. The van der Waals surface area contributed by atoms with Gasteiger partial charge in [-0.2, -0.15) is 0 Å². The van der Waals surface area contributed by atoms with Crippen molar-refractivity contribution in [3.05, 3.63) is 29.8 Å². The highest BCUT2D eigenvalue weighted by Gasteiger charge is 2.30. The van der Waals surface area contributed by atoms with Gasteiger partial charge in [-0.05, 0) is 25.0 Å². The Morgan fingerprint density at radius 1 is 1.44 bits per heavy atom. The zero-order valence-corrected chi connectivity index (χ0v) is 9.53.